The molecule has 0 radical (unpaired) electrons. The summed E-state index contributed by atoms with van der Waals surface area (Å²) in [4.78, 5) is 18.3. The molecule has 8 heteroatoms. The zero-order valence-electron chi connectivity index (χ0n) is 19.9. The van der Waals surface area contributed by atoms with Crippen LogP contribution in [-0.4, -0.2) is 30.1 Å². The molecular formula is C26H32N6O2. The quantitative estimate of drug-likeness (QED) is 0.394. The fraction of sp³-hybridized carbons (Fsp3) is 0.462. The Morgan fingerprint density at radius 2 is 2.03 bits per heavy atom. The van der Waals surface area contributed by atoms with Crippen LogP contribution in [0.2, 0.25) is 0 Å². The van der Waals surface area contributed by atoms with Crippen LogP contribution in [0.15, 0.2) is 51.9 Å². The average Bonchev–Trinajstić information content (AvgIpc) is 3.53. The van der Waals surface area contributed by atoms with Gasteiger partial charge in [0.05, 0.1) is 24.9 Å². The number of H-pyrrole nitrogens is 1. The molecule has 0 unspecified atom stereocenters. The van der Waals surface area contributed by atoms with Crippen LogP contribution in [-0.2, 0) is 13.1 Å². The molecule has 1 atom stereocenters. The standard InChI is InChI=1S/C26H32N6O2/c1-3-24(25-28-29-30-32(25)21-8-5-4-6-9-21)31(17-22-10-7-13-34-22)16-20-15-19-14-18(2)11-12-23(19)27-26(20)33/h7,10-15,21,24H,3-6,8-9,16-17H2,1-2H3,(H,27,33)/t24-/m1/s1. The second-order valence-corrected chi connectivity index (χ2v) is 9.40. The Morgan fingerprint density at radius 1 is 1.18 bits per heavy atom. The highest BCUT2D eigenvalue weighted by atomic mass is 16.3. The molecule has 0 amide bonds. The molecule has 1 aliphatic carbocycles. The topological polar surface area (TPSA) is 92.8 Å². The van der Waals surface area contributed by atoms with Gasteiger partial charge < -0.3 is 9.40 Å². The third kappa shape index (κ3) is 4.68. The zero-order valence-corrected chi connectivity index (χ0v) is 19.9. The van der Waals surface area contributed by atoms with E-state index >= 15 is 0 Å². The summed E-state index contributed by atoms with van der Waals surface area (Å²) in [5, 5.41) is 14.0. The first-order valence-corrected chi connectivity index (χ1v) is 12.3. The van der Waals surface area contributed by atoms with Crippen LogP contribution in [0.25, 0.3) is 10.9 Å². The van der Waals surface area contributed by atoms with Gasteiger partial charge in [0.1, 0.15) is 5.76 Å². The van der Waals surface area contributed by atoms with E-state index in [0.717, 1.165) is 52.9 Å². The molecule has 5 rings (SSSR count). The summed E-state index contributed by atoms with van der Waals surface area (Å²) >= 11 is 0. The van der Waals surface area contributed by atoms with E-state index < -0.39 is 0 Å². The number of benzene rings is 1. The van der Waals surface area contributed by atoms with Crippen molar-refractivity contribution in [3.63, 3.8) is 0 Å². The Balaban J connectivity index is 1.51. The summed E-state index contributed by atoms with van der Waals surface area (Å²) in [7, 11) is 0. The molecule has 1 fully saturated rings. The largest absolute Gasteiger partial charge is 0.468 e. The molecule has 1 saturated carbocycles. The summed E-state index contributed by atoms with van der Waals surface area (Å²) in [6, 6.07) is 12.2. The number of aromatic amines is 1. The molecule has 0 spiro atoms. The van der Waals surface area contributed by atoms with Gasteiger partial charge in [-0.1, -0.05) is 37.8 Å². The van der Waals surface area contributed by atoms with Crippen LogP contribution in [0.3, 0.4) is 0 Å². The third-order valence-corrected chi connectivity index (χ3v) is 6.95. The maximum Gasteiger partial charge on any atom is 0.252 e. The molecule has 0 aliphatic heterocycles. The summed E-state index contributed by atoms with van der Waals surface area (Å²) < 4.78 is 7.73. The first-order valence-electron chi connectivity index (χ1n) is 12.3. The maximum atomic E-state index is 13.0. The van der Waals surface area contributed by atoms with E-state index in [4.69, 9.17) is 4.42 Å². The SMILES string of the molecule is CC[C@H](c1nnnn1C1CCCCC1)N(Cc1ccco1)Cc1cc2cc(C)ccc2[nH]c1=O. The highest BCUT2D eigenvalue weighted by Crippen LogP contribution is 2.32. The highest BCUT2D eigenvalue weighted by molar-refractivity contribution is 5.79. The van der Waals surface area contributed by atoms with Crippen molar-refractivity contribution >= 4 is 10.9 Å². The number of pyridine rings is 1. The molecule has 3 aromatic heterocycles. The van der Waals surface area contributed by atoms with E-state index in [9.17, 15) is 4.79 Å². The first-order chi connectivity index (χ1) is 16.6. The predicted octanol–water partition coefficient (Wildman–Crippen LogP) is 5.07. The Labute approximate surface area is 199 Å². The predicted molar refractivity (Wildman–Crippen MR) is 130 cm³/mol. The average molecular weight is 461 g/mol. The lowest BCUT2D eigenvalue weighted by molar-refractivity contribution is 0.144. The molecule has 0 bridgehead atoms. The van der Waals surface area contributed by atoms with Gasteiger partial charge in [-0.25, -0.2) is 4.68 Å². The van der Waals surface area contributed by atoms with Gasteiger partial charge in [0, 0.05) is 17.6 Å². The molecule has 178 valence electrons. The Bertz CT molecular complexity index is 1290. The van der Waals surface area contributed by atoms with Gasteiger partial charge in [0.15, 0.2) is 5.82 Å². The molecular weight excluding hydrogens is 428 g/mol. The number of furan rings is 1. The molecule has 1 aliphatic rings. The lowest BCUT2D eigenvalue weighted by atomic mass is 9.95. The molecule has 8 nitrogen and oxygen atoms in total. The monoisotopic (exact) mass is 460 g/mol. The van der Waals surface area contributed by atoms with Crippen LogP contribution < -0.4 is 5.56 Å². The van der Waals surface area contributed by atoms with Crippen LogP contribution in [0.5, 0.6) is 0 Å². The van der Waals surface area contributed by atoms with Crippen molar-refractivity contribution in [1.29, 1.82) is 0 Å². The normalized spacial score (nSPS) is 15.9. The van der Waals surface area contributed by atoms with E-state index in [0.29, 0.717) is 19.1 Å². The zero-order chi connectivity index (χ0) is 23.5. The van der Waals surface area contributed by atoms with Crippen molar-refractivity contribution in [1.82, 2.24) is 30.1 Å². The van der Waals surface area contributed by atoms with Crippen LogP contribution in [0.1, 0.15) is 80.2 Å². The number of aromatic nitrogens is 5. The van der Waals surface area contributed by atoms with E-state index in [1.54, 1.807) is 6.26 Å². The van der Waals surface area contributed by atoms with Gasteiger partial charge in [0.25, 0.3) is 5.56 Å². The van der Waals surface area contributed by atoms with Gasteiger partial charge in [-0.15, -0.1) is 5.10 Å². The fourth-order valence-corrected chi connectivity index (χ4v) is 5.20. The van der Waals surface area contributed by atoms with Crippen molar-refractivity contribution in [2.24, 2.45) is 0 Å². The van der Waals surface area contributed by atoms with Gasteiger partial charge in [-0.3, -0.25) is 9.69 Å². The second kappa shape index (κ2) is 9.93. The molecule has 1 N–H and O–H groups in total. The van der Waals surface area contributed by atoms with E-state index in [1.165, 1.54) is 19.3 Å². The third-order valence-electron chi connectivity index (χ3n) is 6.95. The first kappa shape index (κ1) is 22.5. The lowest BCUT2D eigenvalue weighted by Gasteiger charge is -2.31. The van der Waals surface area contributed by atoms with Crippen molar-refractivity contribution in [3.05, 3.63) is 75.7 Å². The number of rotatable bonds is 8. The summed E-state index contributed by atoms with van der Waals surface area (Å²) in [6.45, 7) is 5.24. The Kier molecular flexibility index (Phi) is 6.58. The lowest BCUT2D eigenvalue weighted by Crippen LogP contribution is -2.33. The number of nitrogens with one attached hydrogen (secondary N) is 1. The minimum Gasteiger partial charge on any atom is -0.468 e. The van der Waals surface area contributed by atoms with Crippen molar-refractivity contribution in [2.75, 3.05) is 0 Å². The summed E-state index contributed by atoms with van der Waals surface area (Å²) in [6.07, 6.45) is 8.42. The number of fused-ring (bicyclic) bond motifs is 1. The van der Waals surface area contributed by atoms with Crippen molar-refractivity contribution in [2.45, 2.75) is 77.5 Å². The second-order valence-electron chi connectivity index (χ2n) is 9.40. The van der Waals surface area contributed by atoms with Gasteiger partial charge in [-0.2, -0.15) is 0 Å². The number of tetrazole rings is 1. The summed E-state index contributed by atoms with van der Waals surface area (Å²) in [5.74, 6) is 1.72. The van der Waals surface area contributed by atoms with Gasteiger partial charge in [-0.05, 0) is 72.3 Å². The highest BCUT2D eigenvalue weighted by Gasteiger charge is 2.29. The number of aryl methyl sites for hydroxylation is 1. The van der Waals surface area contributed by atoms with Crippen LogP contribution >= 0.6 is 0 Å². The van der Waals surface area contributed by atoms with Crippen LogP contribution in [0, 0.1) is 6.92 Å². The smallest absolute Gasteiger partial charge is 0.252 e. The van der Waals surface area contributed by atoms with Crippen molar-refractivity contribution in [3.8, 4) is 0 Å². The minimum atomic E-state index is -0.0671. The number of nitrogens with zero attached hydrogens (tertiary/aromatic N) is 5. The Morgan fingerprint density at radius 3 is 2.79 bits per heavy atom. The molecule has 0 saturated heterocycles. The van der Waals surface area contributed by atoms with E-state index in [-0.39, 0.29) is 11.6 Å². The Hall–Kier alpha value is -3.26. The molecule has 3 heterocycles. The molecule has 4 aromatic rings. The van der Waals surface area contributed by atoms with Crippen LogP contribution in [0.4, 0.5) is 0 Å². The number of hydrogen-bond acceptors (Lipinski definition) is 6. The molecule has 34 heavy (non-hydrogen) atoms. The van der Waals surface area contributed by atoms with E-state index in [1.807, 2.05) is 35.0 Å². The fourth-order valence-electron chi connectivity index (χ4n) is 5.20. The minimum absolute atomic E-state index is 0.0466. The van der Waals surface area contributed by atoms with Crippen molar-refractivity contribution < 1.29 is 4.42 Å². The molecule has 1 aromatic carbocycles. The number of hydrogen-bond donors (Lipinski definition) is 1. The van der Waals surface area contributed by atoms with Gasteiger partial charge in [0.2, 0.25) is 0 Å². The van der Waals surface area contributed by atoms with Gasteiger partial charge >= 0.3 is 0 Å². The van der Waals surface area contributed by atoms with E-state index in [2.05, 4.69) is 45.3 Å². The summed E-state index contributed by atoms with van der Waals surface area (Å²) in [5.41, 5.74) is 2.67. The maximum absolute atomic E-state index is 13.0.